The second-order valence-electron chi connectivity index (χ2n) is 8.06. The van der Waals surface area contributed by atoms with Gasteiger partial charge in [0.2, 0.25) is 0 Å². The van der Waals surface area contributed by atoms with Crippen LogP contribution in [0.2, 0.25) is 0 Å². The summed E-state index contributed by atoms with van der Waals surface area (Å²) in [6.45, 7) is 12.5. The molecule has 1 aromatic carbocycles. The maximum atomic E-state index is 3.60. The molecule has 0 bridgehead atoms. The lowest BCUT2D eigenvalue weighted by Crippen LogP contribution is -2.38. The lowest BCUT2D eigenvalue weighted by atomic mass is 9.77. The average molecular weight is 273 g/mol. The second-order valence-corrected chi connectivity index (χ2v) is 8.06. The van der Waals surface area contributed by atoms with Gasteiger partial charge in [-0.15, -0.1) is 0 Å². The Morgan fingerprint density at radius 1 is 1.00 bits per heavy atom. The first kappa shape index (κ1) is 15.6. The molecule has 1 nitrogen and oxygen atoms in total. The third kappa shape index (κ3) is 4.09. The van der Waals surface area contributed by atoms with E-state index in [0.717, 1.165) is 12.5 Å². The molecule has 1 fully saturated rings. The van der Waals surface area contributed by atoms with Gasteiger partial charge in [-0.25, -0.2) is 0 Å². The minimum atomic E-state index is 0.212. The molecule has 0 amide bonds. The van der Waals surface area contributed by atoms with Crippen molar-refractivity contribution in [2.75, 3.05) is 6.54 Å². The van der Waals surface area contributed by atoms with E-state index in [2.05, 4.69) is 64.2 Å². The predicted octanol–water partition coefficient (Wildman–Crippen LogP) is 5.01. The van der Waals surface area contributed by atoms with Gasteiger partial charge in [-0.2, -0.15) is 0 Å². The Balaban J connectivity index is 1.94. The summed E-state index contributed by atoms with van der Waals surface area (Å²) in [4.78, 5) is 0. The van der Waals surface area contributed by atoms with Crippen LogP contribution in [0.3, 0.4) is 0 Å². The molecule has 0 aromatic heterocycles. The molecule has 0 spiro atoms. The van der Waals surface area contributed by atoms with Crippen LogP contribution in [0.15, 0.2) is 24.3 Å². The molecular formula is C19H31N. The van der Waals surface area contributed by atoms with E-state index in [1.807, 2.05) is 0 Å². The molecule has 0 atom stereocenters. The van der Waals surface area contributed by atoms with Crippen molar-refractivity contribution in [3.63, 3.8) is 0 Å². The Morgan fingerprint density at radius 2 is 1.60 bits per heavy atom. The summed E-state index contributed by atoms with van der Waals surface area (Å²) < 4.78 is 0. The summed E-state index contributed by atoms with van der Waals surface area (Å²) in [5.74, 6) is 0.842. The van der Waals surface area contributed by atoms with Gasteiger partial charge in [-0.05, 0) is 69.0 Å². The molecule has 20 heavy (non-hydrogen) atoms. The van der Waals surface area contributed by atoms with E-state index < -0.39 is 0 Å². The van der Waals surface area contributed by atoms with Crippen LogP contribution in [0.4, 0.5) is 0 Å². The second kappa shape index (κ2) is 5.89. The minimum absolute atomic E-state index is 0.212. The van der Waals surface area contributed by atoms with Gasteiger partial charge in [-0.3, -0.25) is 0 Å². The van der Waals surface area contributed by atoms with Crippen LogP contribution in [0, 0.1) is 0 Å². The Morgan fingerprint density at radius 3 is 2.05 bits per heavy atom. The zero-order valence-electron chi connectivity index (χ0n) is 13.9. The predicted molar refractivity (Wildman–Crippen MR) is 88.4 cm³/mol. The molecule has 1 saturated carbocycles. The number of nitrogens with one attached hydrogen (secondary N) is 1. The first-order valence-corrected chi connectivity index (χ1v) is 8.13. The number of benzene rings is 1. The first-order chi connectivity index (χ1) is 9.28. The van der Waals surface area contributed by atoms with Crippen molar-refractivity contribution < 1.29 is 0 Å². The highest BCUT2D eigenvalue weighted by Gasteiger charge is 2.23. The third-order valence-electron chi connectivity index (χ3n) is 4.67. The average Bonchev–Trinajstić information content (AvgIpc) is 2.25. The number of hydrogen-bond donors (Lipinski definition) is 1. The van der Waals surface area contributed by atoms with Crippen molar-refractivity contribution in [2.45, 2.75) is 77.2 Å². The monoisotopic (exact) mass is 273 g/mol. The quantitative estimate of drug-likeness (QED) is 0.795. The van der Waals surface area contributed by atoms with Crippen molar-refractivity contribution in [2.24, 2.45) is 0 Å². The SMILES string of the molecule is CC(C)(C)NCCC(C)(C)c1ccc(C2CCC2)cc1. The first-order valence-electron chi connectivity index (χ1n) is 8.13. The molecule has 1 aliphatic carbocycles. The van der Waals surface area contributed by atoms with E-state index in [1.165, 1.54) is 31.2 Å². The van der Waals surface area contributed by atoms with Gasteiger partial charge in [0, 0.05) is 5.54 Å². The van der Waals surface area contributed by atoms with E-state index in [0.29, 0.717) is 0 Å². The standard InChI is InChI=1S/C19H31N/c1-18(2,3)20-14-13-19(4,5)17-11-9-16(10-12-17)15-7-6-8-15/h9-12,15,20H,6-8,13-14H2,1-5H3. The van der Waals surface area contributed by atoms with Crippen molar-refractivity contribution in [1.29, 1.82) is 0 Å². The van der Waals surface area contributed by atoms with Crippen LogP contribution < -0.4 is 5.32 Å². The smallest absolute Gasteiger partial charge is 0.00965 e. The van der Waals surface area contributed by atoms with Gasteiger partial charge in [0.1, 0.15) is 0 Å². The summed E-state index contributed by atoms with van der Waals surface area (Å²) in [6.07, 6.45) is 5.36. The van der Waals surface area contributed by atoms with E-state index in [4.69, 9.17) is 0 Å². The fourth-order valence-electron chi connectivity index (χ4n) is 2.84. The summed E-state index contributed by atoms with van der Waals surface area (Å²) in [6, 6.07) is 9.42. The Labute approximate surface area is 125 Å². The van der Waals surface area contributed by atoms with E-state index in [9.17, 15) is 0 Å². The maximum Gasteiger partial charge on any atom is 0.00965 e. The summed E-state index contributed by atoms with van der Waals surface area (Å²) in [7, 11) is 0. The summed E-state index contributed by atoms with van der Waals surface area (Å²) in [5, 5.41) is 3.60. The molecule has 1 aliphatic rings. The van der Waals surface area contributed by atoms with E-state index in [-0.39, 0.29) is 11.0 Å². The molecular weight excluding hydrogens is 242 g/mol. The van der Waals surface area contributed by atoms with Gasteiger partial charge in [0.05, 0.1) is 0 Å². The van der Waals surface area contributed by atoms with Crippen molar-refractivity contribution in [3.05, 3.63) is 35.4 Å². The van der Waals surface area contributed by atoms with Gasteiger partial charge in [0.15, 0.2) is 0 Å². The Hall–Kier alpha value is -0.820. The van der Waals surface area contributed by atoms with Crippen LogP contribution in [-0.4, -0.2) is 12.1 Å². The molecule has 0 radical (unpaired) electrons. The van der Waals surface area contributed by atoms with Crippen LogP contribution in [-0.2, 0) is 5.41 Å². The van der Waals surface area contributed by atoms with Crippen LogP contribution in [0.25, 0.3) is 0 Å². The summed E-state index contributed by atoms with van der Waals surface area (Å²) >= 11 is 0. The molecule has 0 unspecified atom stereocenters. The van der Waals surface area contributed by atoms with E-state index >= 15 is 0 Å². The molecule has 0 heterocycles. The highest BCUT2D eigenvalue weighted by atomic mass is 14.9. The zero-order valence-corrected chi connectivity index (χ0v) is 13.9. The molecule has 1 aromatic rings. The lowest BCUT2D eigenvalue weighted by Gasteiger charge is -2.30. The highest BCUT2D eigenvalue weighted by Crippen LogP contribution is 2.37. The highest BCUT2D eigenvalue weighted by molar-refractivity contribution is 5.30. The molecule has 1 heteroatoms. The molecule has 1 N–H and O–H groups in total. The maximum absolute atomic E-state index is 3.60. The third-order valence-corrected chi connectivity index (χ3v) is 4.67. The van der Waals surface area contributed by atoms with Crippen LogP contribution >= 0.6 is 0 Å². The normalized spacial score (nSPS) is 17.1. The minimum Gasteiger partial charge on any atom is -0.312 e. The fraction of sp³-hybridized carbons (Fsp3) is 0.684. The topological polar surface area (TPSA) is 12.0 Å². The number of hydrogen-bond acceptors (Lipinski definition) is 1. The van der Waals surface area contributed by atoms with Gasteiger partial charge in [-0.1, -0.05) is 44.5 Å². The summed E-state index contributed by atoms with van der Waals surface area (Å²) in [5.41, 5.74) is 3.47. The van der Waals surface area contributed by atoms with Crippen molar-refractivity contribution in [1.82, 2.24) is 5.32 Å². The van der Waals surface area contributed by atoms with Crippen LogP contribution in [0.5, 0.6) is 0 Å². The molecule has 112 valence electrons. The van der Waals surface area contributed by atoms with Crippen molar-refractivity contribution >= 4 is 0 Å². The van der Waals surface area contributed by atoms with Gasteiger partial charge in [0.25, 0.3) is 0 Å². The molecule has 0 saturated heterocycles. The Bertz CT molecular complexity index is 418. The van der Waals surface area contributed by atoms with Gasteiger partial charge < -0.3 is 5.32 Å². The van der Waals surface area contributed by atoms with E-state index in [1.54, 1.807) is 5.56 Å². The number of rotatable bonds is 5. The van der Waals surface area contributed by atoms with Gasteiger partial charge >= 0.3 is 0 Å². The molecule has 0 aliphatic heterocycles. The molecule has 2 rings (SSSR count). The zero-order chi connectivity index (χ0) is 14.8. The van der Waals surface area contributed by atoms with Crippen LogP contribution in [0.1, 0.15) is 77.3 Å². The largest absolute Gasteiger partial charge is 0.312 e. The fourth-order valence-corrected chi connectivity index (χ4v) is 2.84. The lowest BCUT2D eigenvalue weighted by molar-refractivity contribution is 0.379. The Kier molecular flexibility index (Phi) is 4.59. The van der Waals surface area contributed by atoms with Crippen molar-refractivity contribution in [3.8, 4) is 0 Å².